The summed E-state index contributed by atoms with van der Waals surface area (Å²) < 4.78 is 48.1. The van der Waals surface area contributed by atoms with Crippen molar-refractivity contribution in [3.63, 3.8) is 0 Å². The second-order valence-corrected chi connectivity index (χ2v) is 5.67. The highest BCUT2D eigenvalue weighted by Gasteiger charge is 2.30. The number of esters is 1. The van der Waals surface area contributed by atoms with Crippen LogP contribution in [0, 0.1) is 0 Å². The monoisotopic (exact) mass is 391 g/mol. The van der Waals surface area contributed by atoms with Crippen LogP contribution in [0.4, 0.5) is 18.9 Å². The van der Waals surface area contributed by atoms with Crippen molar-refractivity contribution < 1.29 is 31.9 Å². The number of para-hydroxylation sites is 1. The molecule has 0 saturated heterocycles. The number of ether oxygens (including phenoxy) is 1. The van der Waals surface area contributed by atoms with Gasteiger partial charge in [-0.3, -0.25) is 9.59 Å². The minimum atomic E-state index is -4.55. The summed E-state index contributed by atoms with van der Waals surface area (Å²) in [5.41, 5.74) is -1.31. The number of amides is 1. The molecular formula is C19H12F3NO5. The number of benzene rings is 2. The van der Waals surface area contributed by atoms with E-state index in [9.17, 15) is 27.6 Å². The van der Waals surface area contributed by atoms with E-state index in [1.165, 1.54) is 18.2 Å². The number of carbonyl (C=O) groups excluding carboxylic acids is 2. The van der Waals surface area contributed by atoms with E-state index in [0.29, 0.717) is 0 Å². The summed E-state index contributed by atoms with van der Waals surface area (Å²) in [6.45, 7) is -0.772. The van der Waals surface area contributed by atoms with Crippen molar-refractivity contribution in [2.75, 3.05) is 11.9 Å². The van der Waals surface area contributed by atoms with Gasteiger partial charge >= 0.3 is 12.1 Å². The summed E-state index contributed by atoms with van der Waals surface area (Å²) >= 11 is 0. The fourth-order valence-corrected chi connectivity index (χ4v) is 2.38. The molecule has 1 heterocycles. The molecule has 3 rings (SSSR count). The van der Waals surface area contributed by atoms with Gasteiger partial charge in [-0.05, 0) is 30.3 Å². The van der Waals surface area contributed by atoms with Gasteiger partial charge in [-0.2, -0.15) is 13.2 Å². The molecule has 0 aliphatic carbocycles. The zero-order chi connectivity index (χ0) is 20.3. The van der Waals surface area contributed by atoms with E-state index in [2.05, 4.69) is 5.32 Å². The number of fused-ring (bicyclic) bond motifs is 1. The van der Waals surface area contributed by atoms with Crippen molar-refractivity contribution in [1.82, 2.24) is 0 Å². The van der Waals surface area contributed by atoms with Gasteiger partial charge in [0.1, 0.15) is 5.58 Å². The number of nitrogens with one attached hydrogen (secondary N) is 1. The summed E-state index contributed by atoms with van der Waals surface area (Å²) in [5.74, 6) is -2.30. The summed E-state index contributed by atoms with van der Waals surface area (Å²) in [7, 11) is 0. The molecule has 0 spiro atoms. The maximum atomic E-state index is 12.7. The third-order valence-electron chi connectivity index (χ3n) is 3.64. The fraction of sp³-hybridized carbons (Fsp3) is 0.105. The average Bonchev–Trinajstić information content (AvgIpc) is 2.65. The van der Waals surface area contributed by atoms with Crippen LogP contribution in [0.25, 0.3) is 11.0 Å². The van der Waals surface area contributed by atoms with Gasteiger partial charge in [0, 0.05) is 11.8 Å². The molecular weight excluding hydrogens is 379 g/mol. The lowest BCUT2D eigenvalue weighted by Gasteiger charge is -2.10. The third kappa shape index (κ3) is 4.37. The van der Waals surface area contributed by atoms with Crippen LogP contribution in [0.2, 0.25) is 0 Å². The molecule has 1 amide bonds. The lowest BCUT2D eigenvalue weighted by molar-refractivity contribution is -0.137. The number of hydrogen-bond donors (Lipinski definition) is 1. The van der Waals surface area contributed by atoms with Gasteiger partial charge in [0.2, 0.25) is 5.76 Å². The standard InChI is InChI=1S/C19H12F3NO5/c20-19(21,22)11-4-3-5-12(8-11)23-17(25)10-27-18(26)16-9-14(24)13-6-1-2-7-15(13)28-16/h1-9H,10H2,(H,23,25). The predicted octanol–water partition coefficient (Wildman–Crippen LogP) is 3.61. The number of alkyl halides is 3. The van der Waals surface area contributed by atoms with E-state index in [1.54, 1.807) is 12.1 Å². The Morgan fingerprint density at radius 3 is 2.54 bits per heavy atom. The Morgan fingerprint density at radius 1 is 1.04 bits per heavy atom. The van der Waals surface area contributed by atoms with Crippen molar-refractivity contribution in [1.29, 1.82) is 0 Å². The predicted molar refractivity (Wildman–Crippen MR) is 92.8 cm³/mol. The highest BCUT2D eigenvalue weighted by Crippen LogP contribution is 2.30. The van der Waals surface area contributed by atoms with Gasteiger partial charge < -0.3 is 14.5 Å². The SMILES string of the molecule is O=C(COC(=O)c1cc(=O)c2ccccc2o1)Nc1cccc(C(F)(F)F)c1. The second kappa shape index (κ2) is 7.55. The minimum Gasteiger partial charge on any atom is -0.450 e. The minimum absolute atomic E-state index is 0.104. The van der Waals surface area contributed by atoms with Crippen LogP contribution in [-0.4, -0.2) is 18.5 Å². The van der Waals surface area contributed by atoms with E-state index in [1.807, 2.05) is 0 Å². The average molecular weight is 391 g/mol. The normalized spacial score (nSPS) is 11.2. The largest absolute Gasteiger partial charge is 0.450 e. The molecule has 28 heavy (non-hydrogen) atoms. The van der Waals surface area contributed by atoms with Crippen LogP contribution in [0.1, 0.15) is 16.1 Å². The van der Waals surface area contributed by atoms with Crippen LogP contribution < -0.4 is 10.7 Å². The molecule has 0 atom stereocenters. The highest BCUT2D eigenvalue weighted by molar-refractivity contribution is 5.95. The van der Waals surface area contributed by atoms with Crippen LogP contribution in [0.15, 0.2) is 63.8 Å². The number of rotatable bonds is 4. The summed E-state index contributed by atoms with van der Waals surface area (Å²) in [6.07, 6.45) is -4.55. The van der Waals surface area contributed by atoms with E-state index in [4.69, 9.17) is 9.15 Å². The van der Waals surface area contributed by atoms with Gasteiger partial charge in [-0.1, -0.05) is 18.2 Å². The maximum absolute atomic E-state index is 12.7. The number of anilines is 1. The lowest BCUT2D eigenvalue weighted by Crippen LogP contribution is -2.21. The molecule has 0 fully saturated rings. The first-order chi connectivity index (χ1) is 13.2. The van der Waals surface area contributed by atoms with Gasteiger partial charge in [0.15, 0.2) is 12.0 Å². The maximum Gasteiger partial charge on any atom is 0.416 e. The second-order valence-electron chi connectivity index (χ2n) is 5.67. The summed E-state index contributed by atoms with van der Waals surface area (Å²) in [6, 6.07) is 11.2. The van der Waals surface area contributed by atoms with E-state index >= 15 is 0 Å². The number of carbonyl (C=O) groups is 2. The van der Waals surface area contributed by atoms with Gasteiger partial charge in [-0.15, -0.1) is 0 Å². The van der Waals surface area contributed by atoms with Gasteiger partial charge in [0.05, 0.1) is 10.9 Å². The molecule has 3 aromatic rings. The van der Waals surface area contributed by atoms with Gasteiger partial charge in [-0.25, -0.2) is 4.79 Å². The molecule has 1 aromatic heterocycles. The molecule has 0 saturated carbocycles. The molecule has 0 unspecified atom stereocenters. The van der Waals surface area contributed by atoms with Crippen LogP contribution in [0.5, 0.6) is 0 Å². The van der Waals surface area contributed by atoms with Crippen molar-refractivity contribution in [3.05, 3.63) is 76.1 Å². The van der Waals surface area contributed by atoms with E-state index < -0.39 is 41.4 Å². The van der Waals surface area contributed by atoms with Crippen molar-refractivity contribution in [3.8, 4) is 0 Å². The molecule has 9 heteroatoms. The zero-order valence-corrected chi connectivity index (χ0v) is 14.1. The van der Waals surface area contributed by atoms with Crippen LogP contribution in [-0.2, 0) is 15.7 Å². The highest BCUT2D eigenvalue weighted by atomic mass is 19.4. The quantitative estimate of drug-likeness (QED) is 0.687. The molecule has 2 aromatic carbocycles. The zero-order valence-electron chi connectivity index (χ0n) is 14.1. The lowest BCUT2D eigenvalue weighted by atomic mass is 10.2. The molecule has 0 radical (unpaired) electrons. The summed E-state index contributed by atoms with van der Waals surface area (Å²) in [4.78, 5) is 35.8. The Balaban J connectivity index is 1.65. The van der Waals surface area contributed by atoms with Crippen molar-refractivity contribution in [2.45, 2.75) is 6.18 Å². The Kier molecular flexibility index (Phi) is 5.16. The molecule has 6 nitrogen and oxygen atoms in total. The Hall–Kier alpha value is -3.62. The van der Waals surface area contributed by atoms with Crippen LogP contribution in [0.3, 0.4) is 0 Å². The molecule has 1 N–H and O–H groups in total. The van der Waals surface area contributed by atoms with Crippen molar-refractivity contribution in [2.24, 2.45) is 0 Å². The first kappa shape index (κ1) is 19.2. The Bertz CT molecular complexity index is 1100. The number of hydrogen-bond acceptors (Lipinski definition) is 5. The van der Waals surface area contributed by atoms with E-state index in [0.717, 1.165) is 24.3 Å². The smallest absolute Gasteiger partial charge is 0.416 e. The van der Waals surface area contributed by atoms with Gasteiger partial charge in [0.25, 0.3) is 5.91 Å². The topological polar surface area (TPSA) is 85.6 Å². The number of halogens is 3. The van der Waals surface area contributed by atoms with E-state index in [-0.39, 0.29) is 16.7 Å². The third-order valence-corrected chi connectivity index (χ3v) is 3.64. The first-order valence-electron chi connectivity index (χ1n) is 7.91. The van der Waals surface area contributed by atoms with Crippen LogP contribution >= 0.6 is 0 Å². The fourth-order valence-electron chi connectivity index (χ4n) is 2.38. The Labute approximate surface area is 155 Å². The first-order valence-corrected chi connectivity index (χ1v) is 7.91. The molecule has 144 valence electrons. The van der Waals surface area contributed by atoms with Crippen molar-refractivity contribution >= 4 is 28.5 Å². The molecule has 0 bridgehead atoms. The molecule has 0 aliphatic rings. The Morgan fingerprint density at radius 2 is 1.79 bits per heavy atom. The summed E-state index contributed by atoms with van der Waals surface area (Å²) in [5, 5.41) is 2.47. The molecule has 0 aliphatic heterocycles.